The maximum atomic E-state index is 13.1. The fourth-order valence-corrected chi connectivity index (χ4v) is 2.75. The molecule has 0 aliphatic rings. The molecule has 0 saturated heterocycles. The first kappa shape index (κ1) is 14.4. The molecule has 0 aliphatic heterocycles. The molecule has 0 saturated carbocycles. The van der Waals surface area contributed by atoms with Crippen molar-refractivity contribution >= 4 is 15.7 Å². The summed E-state index contributed by atoms with van der Waals surface area (Å²) >= 11 is 0. The molecule has 0 amide bonds. The van der Waals surface area contributed by atoms with Gasteiger partial charge in [-0.3, -0.25) is 4.72 Å². The zero-order valence-corrected chi connectivity index (χ0v) is 11.1. The third-order valence-corrected chi connectivity index (χ3v) is 3.94. The minimum Gasteiger partial charge on any atom is -0.279 e. The smallest absolute Gasteiger partial charge is 0.262 e. The summed E-state index contributed by atoms with van der Waals surface area (Å²) in [5.41, 5.74) is 0.488. The molecule has 0 fully saturated rings. The van der Waals surface area contributed by atoms with Gasteiger partial charge in [0.05, 0.1) is 10.6 Å². The molecule has 2 rings (SSSR count). The molecule has 0 aromatic heterocycles. The van der Waals surface area contributed by atoms with E-state index in [1.165, 1.54) is 12.1 Å². The number of aryl methyl sites for hydroxylation is 1. The van der Waals surface area contributed by atoms with Crippen LogP contribution in [-0.2, 0) is 10.0 Å². The van der Waals surface area contributed by atoms with Crippen molar-refractivity contribution in [2.24, 2.45) is 0 Å². The second-order valence-corrected chi connectivity index (χ2v) is 5.85. The highest BCUT2D eigenvalue weighted by molar-refractivity contribution is 7.92. The Hall–Kier alpha value is -2.02. The van der Waals surface area contributed by atoms with E-state index in [4.69, 9.17) is 0 Å². The molecule has 0 aliphatic carbocycles. The number of hydrogen-bond donors (Lipinski definition) is 1. The van der Waals surface area contributed by atoms with Gasteiger partial charge in [-0.05, 0) is 36.8 Å². The lowest BCUT2D eigenvalue weighted by Crippen LogP contribution is -2.14. The van der Waals surface area contributed by atoms with E-state index in [1.54, 1.807) is 6.92 Å². The Morgan fingerprint density at radius 3 is 2.10 bits per heavy atom. The number of benzene rings is 2. The SMILES string of the molecule is Cc1ccc(F)cc1NS(=O)(=O)c1cc(F)cc(F)c1. The van der Waals surface area contributed by atoms with Gasteiger partial charge in [-0.2, -0.15) is 0 Å². The third kappa shape index (κ3) is 3.11. The highest BCUT2D eigenvalue weighted by atomic mass is 32.2. The van der Waals surface area contributed by atoms with E-state index in [2.05, 4.69) is 4.72 Å². The summed E-state index contributed by atoms with van der Waals surface area (Å²) in [4.78, 5) is -0.571. The largest absolute Gasteiger partial charge is 0.279 e. The summed E-state index contributed by atoms with van der Waals surface area (Å²) < 4.78 is 65.3. The van der Waals surface area contributed by atoms with Crippen molar-refractivity contribution < 1.29 is 21.6 Å². The Morgan fingerprint density at radius 2 is 1.50 bits per heavy atom. The quantitative estimate of drug-likeness (QED) is 0.946. The summed E-state index contributed by atoms with van der Waals surface area (Å²) in [6.45, 7) is 1.57. The Labute approximate surface area is 114 Å². The molecule has 0 atom stereocenters. The second-order valence-electron chi connectivity index (χ2n) is 4.17. The van der Waals surface area contributed by atoms with Gasteiger partial charge < -0.3 is 0 Å². The molecule has 0 radical (unpaired) electrons. The normalized spacial score (nSPS) is 11.4. The van der Waals surface area contributed by atoms with Crippen LogP contribution >= 0.6 is 0 Å². The minimum atomic E-state index is -4.19. The molecule has 0 spiro atoms. The van der Waals surface area contributed by atoms with Crippen LogP contribution in [0.3, 0.4) is 0 Å². The van der Waals surface area contributed by atoms with Crippen molar-refractivity contribution in [3.05, 3.63) is 59.4 Å². The Balaban J connectivity index is 2.43. The predicted octanol–water partition coefficient (Wildman–Crippen LogP) is 3.21. The molecule has 106 valence electrons. The van der Waals surface area contributed by atoms with Crippen LogP contribution in [0.2, 0.25) is 0 Å². The maximum Gasteiger partial charge on any atom is 0.262 e. The number of halogens is 3. The molecule has 2 aromatic rings. The zero-order valence-electron chi connectivity index (χ0n) is 10.3. The van der Waals surface area contributed by atoms with Gasteiger partial charge in [0, 0.05) is 6.07 Å². The lowest BCUT2D eigenvalue weighted by Gasteiger charge is -2.10. The summed E-state index contributed by atoms with van der Waals surface area (Å²) in [5.74, 6) is -2.65. The van der Waals surface area contributed by atoms with Crippen LogP contribution in [0.25, 0.3) is 0 Å². The highest BCUT2D eigenvalue weighted by Gasteiger charge is 2.17. The lowest BCUT2D eigenvalue weighted by atomic mass is 10.2. The van der Waals surface area contributed by atoms with Gasteiger partial charge in [0.1, 0.15) is 17.5 Å². The van der Waals surface area contributed by atoms with Crippen molar-refractivity contribution in [2.45, 2.75) is 11.8 Å². The van der Waals surface area contributed by atoms with Crippen LogP contribution in [0.5, 0.6) is 0 Å². The molecule has 7 heteroatoms. The topological polar surface area (TPSA) is 46.2 Å². The third-order valence-electron chi connectivity index (χ3n) is 2.59. The fraction of sp³-hybridized carbons (Fsp3) is 0.0769. The van der Waals surface area contributed by atoms with Gasteiger partial charge in [-0.25, -0.2) is 21.6 Å². The number of hydrogen-bond acceptors (Lipinski definition) is 2. The summed E-state index contributed by atoms with van der Waals surface area (Å²) in [6, 6.07) is 5.48. The van der Waals surface area contributed by atoms with Crippen molar-refractivity contribution in [1.82, 2.24) is 0 Å². The van der Waals surface area contributed by atoms with Gasteiger partial charge >= 0.3 is 0 Å². The molecular formula is C13H10F3NO2S. The number of anilines is 1. The van der Waals surface area contributed by atoms with Crippen molar-refractivity contribution in [3.8, 4) is 0 Å². The first-order valence-electron chi connectivity index (χ1n) is 5.53. The fourth-order valence-electron chi connectivity index (χ4n) is 1.59. The van der Waals surface area contributed by atoms with E-state index < -0.39 is 32.4 Å². The van der Waals surface area contributed by atoms with Gasteiger partial charge in [0.15, 0.2) is 0 Å². The van der Waals surface area contributed by atoms with E-state index in [-0.39, 0.29) is 5.69 Å². The van der Waals surface area contributed by atoms with Crippen LogP contribution in [0.1, 0.15) is 5.56 Å². The molecule has 3 nitrogen and oxygen atoms in total. The summed E-state index contributed by atoms with van der Waals surface area (Å²) in [7, 11) is -4.19. The maximum absolute atomic E-state index is 13.1. The van der Waals surface area contributed by atoms with E-state index in [0.29, 0.717) is 23.8 Å². The first-order chi connectivity index (χ1) is 9.28. The zero-order chi connectivity index (χ0) is 14.9. The van der Waals surface area contributed by atoms with E-state index in [9.17, 15) is 21.6 Å². The van der Waals surface area contributed by atoms with Gasteiger partial charge in [-0.15, -0.1) is 0 Å². The Morgan fingerprint density at radius 1 is 0.900 bits per heavy atom. The van der Waals surface area contributed by atoms with E-state index in [1.807, 2.05) is 0 Å². The molecule has 1 N–H and O–H groups in total. The molecule has 0 bridgehead atoms. The van der Waals surface area contributed by atoms with Crippen molar-refractivity contribution in [2.75, 3.05) is 4.72 Å². The Bertz CT molecular complexity index is 740. The van der Waals surface area contributed by atoms with Gasteiger partial charge in [-0.1, -0.05) is 6.07 Å². The van der Waals surface area contributed by atoms with Crippen LogP contribution in [-0.4, -0.2) is 8.42 Å². The lowest BCUT2D eigenvalue weighted by molar-refractivity contribution is 0.568. The van der Waals surface area contributed by atoms with E-state index in [0.717, 1.165) is 6.07 Å². The monoisotopic (exact) mass is 301 g/mol. The average Bonchev–Trinajstić information content (AvgIpc) is 2.32. The standard InChI is InChI=1S/C13H10F3NO2S/c1-8-2-3-9(14)7-13(8)17-20(18,19)12-5-10(15)4-11(16)6-12/h2-7,17H,1H3. The summed E-state index contributed by atoms with van der Waals surface area (Å²) in [6.07, 6.45) is 0. The van der Waals surface area contributed by atoms with Gasteiger partial charge in [0.25, 0.3) is 10.0 Å². The van der Waals surface area contributed by atoms with Crippen LogP contribution in [0.15, 0.2) is 41.3 Å². The Kier molecular flexibility index (Phi) is 3.71. The molecule has 20 heavy (non-hydrogen) atoms. The number of nitrogens with one attached hydrogen (secondary N) is 1. The van der Waals surface area contributed by atoms with Gasteiger partial charge in [0.2, 0.25) is 0 Å². The minimum absolute atomic E-state index is 0.00895. The van der Waals surface area contributed by atoms with E-state index >= 15 is 0 Å². The first-order valence-corrected chi connectivity index (χ1v) is 7.01. The van der Waals surface area contributed by atoms with Crippen molar-refractivity contribution in [1.29, 1.82) is 0 Å². The van der Waals surface area contributed by atoms with Crippen LogP contribution in [0, 0.1) is 24.4 Å². The predicted molar refractivity (Wildman–Crippen MR) is 68.3 cm³/mol. The molecule has 0 unspecified atom stereocenters. The average molecular weight is 301 g/mol. The van der Waals surface area contributed by atoms with Crippen LogP contribution in [0.4, 0.5) is 18.9 Å². The molecular weight excluding hydrogens is 291 g/mol. The molecule has 2 aromatic carbocycles. The summed E-state index contributed by atoms with van der Waals surface area (Å²) in [5, 5.41) is 0. The number of rotatable bonds is 3. The number of sulfonamides is 1. The van der Waals surface area contributed by atoms with Crippen molar-refractivity contribution in [3.63, 3.8) is 0 Å². The van der Waals surface area contributed by atoms with Crippen LogP contribution < -0.4 is 4.72 Å². The molecule has 0 heterocycles. The second kappa shape index (κ2) is 5.16. The highest BCUT2D eigenvalue weighted by Crippen LogP contribution is 2.21.